The Labute approximate surface area is 268 Å². The molecule has 0 bridgehead atoms. The van der Waals surface area contributed by atoms with Crippen LogP contribution in [0.1, 0.15) is 66.7 Å². The Kier molecular flexibility index (Phi) is 11.3. The van der Waals surface area contributed by atoms with Gasteiger partial charge in [-0.3, -0.25) is 24.3 Å². The van der Waals surface area contributed by atoms with E-state index in [1.165, 1.54) is 5.56 Å². The van der Waals surface area contributed by atoms with Gasteiger partial charge in [-0.05, 0) is 74.7 Å². The Hall–Kier alpha value is -3.72. The normalized spacial score (nSPS) is 20.6. The molecule has 3 aromatic carbocycles. The molecule has 2 fully saturated rings. The smallest absolute Gasteiger partial charge is 0.305 e. The van der Waals surface area contributed by atoms with Crippen LogP contribution in [0, 0.1) is 0 Å². The number of carbonyl (C=O) groups is 2. The maximum absolute atomic E-state index is 13.7. The predicted molar refractivity (Wildman–Crippen MR) is 177 cm³/mol. The van der Waals surface area contributed by atoms with Gasteiger partial charge in [0.25, 0.3) is 5.91 Å². The molecular weight excluding hydrogens is 564 g/mol. The van der Waals surface area contributed by atoms with Crippen molar-refractivity contribution < 1.29 is 19.4 Å². The number of amides is 1. The summed E-state index contributed by atoms with van der Waals surface area (Å²) in [5.41, 5.74) is 4.08. The third kappa shape index (κ3) is 8.51. The first-order chi connectivity index (χ1) is 21.8. The molecule has 2 saturated heterocycles. The zero-order valence-corrected chi connectivity index (χ0v) is 27.0. The molecule has 0 aromatic heterocycles. The van der Waals surface area contributed by atoms with Crippen LogP contribution in [0.3, 0.4) is 0 Å². The summed E-state index contributed by atoms with van der Waals surface area (Å²) in [4.78, 5) is 34.7. The van der Waals surface area contributed by atoms with Gasteiger partial charge in [-0.1, -0.05) is 54.6 Å². The average molecular weight is 613 g/mol. The molecule has 2 heterocycles. The lowest BCUT2D eigenvalue weighted by Crippen LogP contribution is -2.56. The first-order valence-corrected chi connectivity index (χ1v) is 16.4. The van der Waals surface area contributed by atoms with Crippen molar-refractivity contribution in [2.24, 2.45) is 0 Å². The van der Waals surface area contributed by atoms with Gasteiger partial charge in [0, 0.05) is 69.9 Å². The van der Waals surface area contributed by atoms with Gasteiger partial charge in [0.05, 0.1) is 12.6 Å². The highest BCUT2D eigenvalue weighted by atomic mass is 16.5. The number of nitrogens with zero attached hydrogens (tertiary/aromatic N) is 4. The number of ether oxygens (including phenoxy) is 1. The van der Waals surface area contributed by atoms with E-state index in [1.54, 1.807) is 6.07 Å². The fourth-order valence-corrected chi connectivity index (χ4v) is 6.77. The predicted octanol–water partition coefficient (Wildman–Crippen LogP) is 5.18. The first kappa shape index (κ1) is 32.7. The Bertz CT molecular complexity index is 1410. The first-order valence-electron chi connectivity index (χ1n) is 16.4. The van der Waals surface area contributed by atoms with E-state index in [4.69, 9.17) is 4.74 Å². The number of phenols is 1. The summed E-state index contributed by atoms with van der Waals surface area (Å²) in [6.45, 7) is 13.3. The number of hydrogen-bond acceptors (Lipinski definition) is 7. The summed E-state index contributed by atoms with van der Waals surface area (Å²) in [7, 11) is 0. The van der Waals surface area contributed by atoms with Crippen molar-refractivity contribution in [3.63, 3.8) is 0 Å². The molecule has 0 radical (unpaired) electrons. The molecule has 5 rings (SSSR count). The minimum absolute atomic E-state index is 0.0479. The lowest BCUT2D eigenvalue weighted by atomic mass is 9.92. The van der Waals surface area contributed by atoms with Crippen molar-refractivity contribution in [1.29, 1.82) is 0 Å². The molecule has 2 aliphatic heterocycles. The van der Waals surface area contributed by atoms with Crippen LogP contribution in [0.4, 0.5) is 0 Å². The van der Waals surface area contributed by atoms with Gasteiger partial charge < -0.3 is 14.7 Å². The summed E-state index contributed by atoms with van der Waals surface area (Å²) in [5.74, 6) is 0.146. The summed E-state index contributed by atoms with van der Waals surface area (Å²) >= 11 is 0. The van der Waals surface area contributed by atoms with E-state index in [0.717, 1.165) is 56.8 Å². The van der Waals surface area contributed by atoms with Crippen LogP contribution in [-0.2, 0) is 16.1 Å². The van der Waals surface area contributed by atoms with Crippen LogP contribution >= 0.6 is 0 Å². The number of esters is 1. The molecular formula is C37H48N4O4. The molecule has 3 aromatic rings. The van der Waals surface area contributed by atoms with E-state index >= 15 is 0 Å². The highest BCUT2D eigenvalue weighted by molar-refractivity contribution is 5.94. The Morgan fingerprint density at radius 1 is 0.867 bits per heavy atom. The summed E-state index contributed by atoms with van der Waals surface area (Å²) in [6.07, 6.45) is 1.20. The highest BCUT2D eigenvalue weighted by Crippen LogP contribution is 2.35. The molecule has 240 valence electrons. The topological polar surface area (TPSA) is 76.6 Å². The molecule has 45 heavy (non-hydrogen) atoms. The quantitative estimate of drug-likeness (QED) is 0.299. The number of benzene rings is 3. The minimum Gasteiger partial charge on any atom is -0.508 e. The second-order valence-corrected chi connectivity index (χ2v) is 12.5. The molecule has 0 spiro atoms. The average Bonchev–Trinajstić information content (AvgIpc) is 3.04. The summed E-state index contributed by atoms with van der Waals surface area (Å²) < 4.78 is 5.04. The third-order valence-electron chi connectivity index (χ3n) is 9.18. The standard InChI is InChI=1S/C37H48N4O4/c1-4-45-35(43)17-10-18-38-19-21-39(22-20-38)37(44)33-15-8-13-31(23-33)36(32-14-9-16-34(42)24-32)41-26-28(2)40(25-29(41)3)27-30-11-6-5-7-12-30/h5-9,11-16,23-24,28-29,36,42H,4,10,17-22,25-27H2,1-3H3/t28-,29+,36-/m1/s1. The van der Waals surface area contributed by atoms with Crippen molar-refractivity contribution in [2.45, 2.75) is 58.3 Å². The van der Waals surface area contributed by atoms with Gasteiger partial charge in [0.2, 0.25) is 0 Å². The molecule has 1 N–H and O–H groups in total. The maximum atomic E-state index is 13.7. The Morgan fingerprint density at radius 2 is 1.58 bits per heavy atom. The van der Waals surface area contributed by atoms with Crippen molar-refractivity contribution in [1.82, 2.24) is 19.6 Å². The SMILES string of the molecule is CCOC(=O)CCCN1CCN(C(=O)c2cccc([C@H](c3cccc(O)c3)N3C[C@@H](C)N(Cc4ccccc4)C[C@@H]3C)c2)CC1. The van der Waals surface area contributed by atoms with Gasteiger partial charge >= 0.3 is 5.97 Å². The maximum Gasteiger partial charge on any atom is 0.305 e. The van der Waals surface area contributed by atoms with E-state index in [-0.39, 0.29) is 29.7 Å². The number of aromatic hydroxyl groups is 1. The molecule has 8 heteroatoms. The highest BCUT2D eigenvalue weighted by Gasteiger charge is 2.35. The van der Waals surface area contributed by atoms with Crippen molar-refractivity contribution in [2.75, 3.05) is 52.4 Å². The van der Waals surface area contributed by atoms with Crippen LogP contribution in [0.5, 0.6) is 5.75 Å². The van der Waals surface area contributed by atoms with Gasteiger partial charge in [0.15, 0.2) is 0 Å². The minimum atomic E-state index is -0.145. The number of hydrogen-bond donors (Lipinski definition) is 1. The monoisotopic (exact) mass is 612 g/mol. The number of phenolic OH excluding ortho intramolecular Hbond substituents is 1. The van der Waals surface area contributed by atoms with E-state index in [0.29, 0.717) is 37.7 Å². The summed E-state index contributed by atoms with van der Waals surface area (Å²) in [5, 5.41) is 10.5. The van der Waals surface area contributed by atoms with Crippen LogP contribution in [0.25, 0.3) is 0 Å². The van der Waals surface area contributed by atoms with E-state index < -0.39 is 0 Å². The molecule has 0 saturated carbocycles. The van der Waals surface area contributed by atoms with Crippen molar-refractivity contribution >= 4 is 11.9 Å². The third-order valence-corrected chi connectivity index (χ3v) is 9.18. The van der Waals surface area contributed by atoms with Gasteiger partial charge in [-0.25, -0.2) is 0 Å². The zero-order chi connectivity index (χ0) is 31.8. The van der Waals surface area contributed by atoms with Gasteiger partial charge in [-0.2, -0.15) is 0 Å². The molecule has 8 nitrogen and oxygen atoms in total. The molecule has 2 aliphatic rings. The van der Waals surface area contributed by atoms with Gasteiger partial charge in [-0.15, -0.1) is 0 Å². The van der Waals surface area contributed by atoms with Crippen LogP contribution in [0.2, 0.25) is 0 Å². The number of carbonyl (C=O) groups excluding carboxylic acids is 2. The lowest BCUT2D eigenvalue weighted by molar-refractivity contribution is -0.143. The summed E-state index contributed by atoms with van der Waals surface area (Å²) in [6, 6.07) is 26.7. The van der Waals surface area contributed by atoms with Crippen LogP contribution in [-0.4, -0.2) is 101 Å². The number of piperazine rings is 2. The van der Waals surface area contributed by atoms with E-state index in [9.17, 15) is 14.7 Å². The van der Waals surface area contributed by atoms with E-state index in [1.807, 2.05) is 36.1 Å². The van der Waals surface area contributed by atoms with Gasteiger partial charge in [0.1, 0.15) is 5.75 Å². The van der Waals surface area contributed by atoms with Crippen molar-refractivity contribution in [3.05, 3.63) is 101 Å². The van der Waals surface area contributed by atoms with Crippen LogP contribution < -0.4 is 0 Å². The van der Waals surface area contributed by atoms with Crippen LogP contribution in [0.15, 0.2) is 78.9 Å². The second-order valence-electron chi connectivity index (χ2n) is 12.5. The van der Waals surface area contributed by atoms with Crippen molar-refractivity contribution in [3.8, 4) is 5.75 Å². The Balaban J connectivity index is 1.29. The molecule has 0 aliphatic carbocycles. The fraction of sp³-hybridized carbons (Fsp3) is 0.459. The fourth-order valence-electron chi connectivity index (χ4n) is 6.77. The molecule has 0 unspecified atom stereocenters. The zero-order valence-electron chi connectivity index (χ0n) is 27.0. The molecule has 3 atom stereocenters. The largest absolute Gasteiger partial charge is 0.508 e. The molecule has 1 amide bonds. The second kappa shape index (κ2) is 15.5. The Morgan fingerprint density at radius 3 is 2.29 bits per heavy atom. The number of rotatable bonds is 11. The lowest BCUT2D eigenvalue weighted by Gasteiger charge is -2.47. The van der Waals surface area contributed by atoms with E-state index in [2.05, 4.69) is 77.1 Å².